The molecule has 14 heavy (non-hydrogen) atoms. The normalized spacial score (nSPS) is 26.5. The molecule has 3 N–H and O–H groups in total. The molecular formula is C10H20N4. The summed E-state index contributed by atoms with van der Waals surface area (Å²) in [5.74, 6) is 0.655. The lowest BCUT2D eigenvalue weighted by Crippen LogP contribution is -2.37. The minimum Gasteiger partial charge on any atom is -0.370 e. The zero-order chi connectivity index (χ0) is 9.97. The summed E-state index contributed by atoms with van der Waals surface area (Å²) in [5.41, 5.74) is 5.81. The van der Waals surface area contributed by atoms with Gasteiger partial charge in [0.2, 0.25) is 0 Å². The molecule has 1 aliphatic carbocycles. The molecule has 80 valence electrons. The molecule has 0 bridgehead atoms. The molecule has 0 amide bonds. The number of likely N-dealkylation sites (tertiary alicyclic amines) is 1. The van der Waals surface area contributed by atoms with Gasteiger partial charge in [-0.25, -0.2) is 0 Å². The van der Waals surface area contributed by atoms with Crippen LogP contribution >= 0.6 is 0 Å². The summed E-state index contributed by atoms with van der Waals surface area (Å²) in [6.07, 6.45) is 4.79. The van der Waals surface area contributed by atoms with Gasteiger partial charge in [0.15, 0.2) is 5.96 Å². The Hall–Kier alpha value is -0.770. The molecule has 1 saturated carbocycles. The summed E-state index contributed by atoms with van der Waals surface area (Å²) in [6.45, 7) is 2.29. The van der Waals surface area contributed by atoms with E-state index in [1.165, 1.54) is 12.8 Å². The van der Waals surface area contributed by atoms with Crippen LogP contribution in [0, 0.1) is 0 Å². The molecule has 1 aliphatic heterocycles. The first-order valence-electron chi connectivity index (χ1n) is 5.52. The predicted molar refractivity (Wildman–Crippen MR) is 58.3 cm³/mol. The summed E-state index contributed by atoms with van der Waals surface area (Å²) in [7, 11) is 2.16. The summed E-state index contributed by atoms with van der Waals surface area (Å²) < 4.78 is 0. The minimum absolute atomic E-state index is 0.442. The molecule has 0 aromatic heterocycles. The van der Waals surface area contributed by atoms with Gasteiger partial charge in [-0.15, -0.1) is 0 Å². The lowest BCUT2D eigenvalue weighted by molar-refractivity contribution is 0.257. The summed E-state index contributed by atoms with van der Waals surface area (Å²) in [6, 6.07) is 1.06. The van der Waals surface area contributed by atoms with Crippen LogP contribution < -0.4 is 11.1 Å². The summed E-state index contributed by atoms with van der Waals surface area (Å²) >= 11 is 0. The molecule has 2 aliphatic rings. The van der Waals surface area contributed by atoms with E-state index in [9.17, 15) is 0 Å². The highest BCUT2D eigenvalue weighted by atomic mass is 15.2. The average molecular weight is 196 g/mol. The van der Waals surface area contributed by atoms with Crippen molar-refractivity contribution < 1.29 is 0 Å². The van der Waals surface area contributed by atoms with Gasteiger partial charge >= 0.3 is 0 Å². The molecule has 0 aromatic carbocycles. The molecular weight excluding hydrogens is 176 g/mol. The van der Waals surface area contributed by atoms with Crippen molar-refractivity contribution in [3.05, 3.63) is 0 Å². The molecule has 0 aromatic rings. The largest absolute Gasteiger partial charge is 0.370 e. The van der Waals surface area contributed by atoms with Gasteiger partial charge in [0.05, 0.1) is 6.04 Å². The molecule has 1 saturated heterocycles. The molecule has 2 fully saturated rings. The van der Waals surface area contributed by atoms with Gasteiger partial charge in [-0.2, -0.15) is 0 Å². The Morgan fingerprint density at radius 3 is 2.50 bits per heavy atom. The SMILES string of the molecule is CN1CCC(N=C(N)NC2CC2)CC1. The highest BCUT2D eigenvalue weighted by Gasteiger charge is 2.22. The Bertz CT molecular complexity index is 214. The quantitative estimate of drug-likeness (QED) is 0.488. The molecule has 4 heteroatoms. The smallest absolute Gasteiger partial charge is 0.189 e. The van der Waals surface area contributed by atoms with Crippen molar-refractivity contribution in [2.24, 2.45) is 10.7 Å². The second-order valence-electron chi connectivity index (χ2n) is 4.47. The van der Waals surface area contributed by atoms with E-state index in [0.29, 0.717) is 18.0 Å². The van der Waals surface area contributed by atoms with E-state index in [0.717, 1.165) is 25.9 Å². The number of rotatable bonds is 2. The summed E-state index contributed by atoms with van der Waals surface area (Å²) in [4.78, 5) is 6.85. The Morgan fingerprint density at radius 1 is 1.29 bits per heavy atom. The third kappa shape index (κ3) is 2.87. The lowest BCUT2D eigenvalue weighted by atomic mass is 10.1. The van der Waals surface area contributed by atoms with Crippen molar-refractivity contribution >= 4 is 5.96 Å². The van der Waals surface area contributed by atoms with Gasteiger partial charge in [0.25, 0.3) is 0 Å². The highest BCUT2D eigenvalue weighted by Crippen LogP contribution is 2.18. The van der Waals surface area contributed by atoms with E-state index < -0.39 is 0 Å². The second-order valence-corrected chi connectivity index (χ2v) is 4.47. The number of guanidine groups is 1. The van der Waals surface area contributed by atoms with Gasteiger partial charge in [-0.05, 0) is 45.8 Å². The number of nitrogens with two attached hydrogens (primary N) is 1. The fourth-order valence-electron chi connectivity index (χ4n) is 1.79. The lowest BCUT2D eigenvalue weighted by Gasteiger charge is -2.26. The number of nitrogens with one attached hydrogen (secondary N) is 1. The van der Waals surface area contributed by atoms with Crippen LogP contribution in [-0.4, -0.2) is 43.1 Å². The molecule has 0 radical (unpaired) electrons. The fraction of sp³-hybridized carbons (Fsp3) is 0.900. The van der Waals surface area contributed by atoms with Crippen LogP contribution in [0.25, 0.3) is 0 Å². The van der Waals surface area contributed by atoms with Crippen molar-refractivity contribution in [1.82, 2.24) is 10.2 Å². The van der Waals surface area contributed by atoms with Crippen LogP contribution in [0.4, 0.5) is 0 Å². The Kier molecular flexibility index (Phi) is 2.91. The van der Waals surface area contributed by atoms with E-state index >= 15 is 0 Å². The third-order valence-electron chi connectivity index (χ3n) is 2.94. The number of hydrogen-bond donors (Lipinski definition) is 2. The van der Waals surface area contributed by atoms with E-state index in [1.807, 2.05) is 0 Å². The zero-order valence-electron chi connectivity index (χ0n) is 8.87. The van der Waals surface area contributed by atoms with Crippen molar-refractivity contribution in [3.63, 3.8) is 0 Å². The van der Waals surface area contributed by atoms with Gasteiger partial charge in [0.1, 0.15) is 0 Å². The summed E-state index contributed by atoms with van der Waals surface area (Å²) in [5, 5.41) is 3.23. The number of aliphatic imine (C=N–C) groups is 1. The van der Waals surface area contributed by atoms with E-state index in [-0.39, 0.29) is 0 Å². The molecule has 0 atom stereocenters. The Balaban J connectivity index is 1.76. The second kappa shape index (κ2) is 4.17. The van der Waals surface area contributed by atoms with Gasteiger partial charge in [0, 0.05) is 6.04 Å². The van der Waals surface area contributed by atoms with Crippen LogP contribution in [-0.2, 0) is 0 Å². The highest BCUT2D eigenvalue weighted by molar-refractivity contribution is 5.78. The van der Waals surface area contributed by atoms with Crippen molar-refractivity contribution in [1.29, 1.82) is 0 Å². The van der Waals surface area contributed by atoms with Crippen molar-refractivity contribution in [3.8, 4) is 0 Å². The van der Waals surface area contributed by atoms with Gasteiger partial charge in [-0.3, -0.25) is 4.99 Å². The topological polar surface area (TPSA) is 53.6 Å². The molecule has 2 rings (SSSR count). The van der Waals surface area contributed by atoms with Crippen LogP contribution in [0.2, 0.25) is 0 Å². The molecule has 0 unspecified atom stereocenters. The minimum atomic E-state index is 0.442. The van der Waals surface area contributed by atoms with Crippen LogP contribution in [0.5, 0.6) is 0 Å². The standard InChI is InChI=1S/C10H20N4/c1-14-6-4-9(5-7-14)13-10(11)12-8-2-3-8/h8-9H,2-7H2,1H3,(H3,11,12,13). The van der Waals surface area contributed by atoms with E-state index in [2.05, 4.69) is 22.3 Å². The predicted octanol–water partition coefficient (Wildman–Crippen LogP) is 0.147. The van der Waals surface area contributed by atoms with E-state index in [1.54, 1.807) is 0 Å². The van der Waals surface area contributed by atoms with Crippen molar-refractivity contribution in [2.75, 3.05) is 20.1 Å². The van der Waals surface area contributed by atoms with Gasteiger partial charge in [-0.1, -0.05) is 0 Å². The third-order valence-corrected chi connectivity index (χ3v) is 2.94. The van der Waals surface area contributed by atoms with Gasteiger partial charge < -0.3 is 16.0 Å². The maximum atomic E-state index is 5.81. The van der Waals surface area contributed by atoms with E-state index in [4.69, 9.17) is 5.73 Å². The zero-order valence-corrected chi connectivity index (χ0v) is 8.87. The monoisotopic (exact) mass is 196 g/mol. The molecule has 1 heterocycles. The maximum Gasteiger partial charge on any atom is 0.189 e. The van der Waals surface area contributed by atoms with Crippen LogP contribution in [0.1, 0.15) is 25.7 Å². The number of hydrogen-bond acceptors (Lipinski definition) is 2. The number of piperidine rings is 1. The average Bonchev–Trinajstić information content (AvgIpc) is 2.93. The van der Waals surface area contributed by atoms with Crippen molar-refractivity contribution in [2.45, 2.75) is 37.8 Å². The first-order valence-corrected chi connectivity index (χ1v) is 5.52. The molecule has 0 spiro atoms. The van der Waals surface area contributed by atoms with Crippen LogP contribution in [0.15, 0.2) is 4.99 Å². The first kappa shape index (κ1) is 9.77. The first-order chi connectivity index (χ1) is 6.74. The Labute approximate surface area is 85.6 Å². The van der Waals surface area contributed by atoms with Crippen LogP contribution in [0.3, 0.4) is 0 Å². The number of nitrogens with zero attached hydrogens (tertiary/aromatic N) is 2. The fourth-order valence-corrected chi connectivity index (χ4v) is 1.79. The Morgan fingerprint density at radius 2 is 1.93 bits per heavy atom. The maximum absolute atomic E-state index is 5.81. The molecule has 4 nitrogen and oxygen atoms in total.